The maximum Gasteiger partial charge on any atom is 0.165 e. The lowest BCUT2D eigenvalue weighted by molar-refractivity contribution is 0.239. The zero-order chi connectivity index (χ0) is 34.3. The molecule has 4 nitrogen and oxygen atoms in total. The SMILES string of the molecule is C=Nc1ccccc1OCn1c2c(c3cc(-c4ccc5c(c4)c4cc6c(cc4n5-c4ccccc4)C(C)(C)c4ccccc4-6)ccc31)=CCCC=2. The van der Waals surface area contributed by atoms with Crippen molar-refractivity contribution in [1.29, 1.82) is 0 Å². The Kier molecular flexibility index (Phi) is 6.53. The topological polar surface area (TPSA) is 31.4 Å². The van der Waals surface area contributed by atoms with Crippen LogP contribution in [0.1, 0.15) is 37.8 Å². The van der Waals surface area contributed by atoms with E-state index in [1.165, 1.54) is 82.3 Å². The first kappa shape index (κ1) is 29.8. The van der Waals surface area contributed by atoms with Gasteiger partial charge >= 0.3 is 0 Å². The summed E-state index contributed by atoms with van der Waals surface area (Å²) in [6, 6.07) is 46.3. The molecule has 2 aliphatic carbocycles. The number of benzene rings is 6. The molecule has 0 atom stereocenters. The quantitative estimate of drug-likeness (QED) is 0.164. The van der Waals surface area contributed by atoms with E-state index >= 15 is 0 Å². The predicted octanol–water partition coefficient (Wildman–Crippen LogP) is 10.4. The van der Waals surface area contributed by atoms with Crippen molar-refractivity contribution < 1.29 is 4.74 Å². The number of hydrogen-bond acceptors (Lipinski definition) is 2. The van der Waals surface area contributed by atoms with Crippen LogP contribution in [-0.2, 0) is 12.1 Å². The number of fused-ring (bicyclic) bond motifs is 9. The van der Waals surface area contributed by atoms with Crippen LogP contribution in [0.2, 0.25) is 0 Å². The summed E-state index contributed by atoms with van der Waals surface area (Å²) in [5.74, 6) is 0.736. The van der Waals surface area contributed by atoms with Crippen molar-refractivity contribution in [2.45, 2.75) is 38.8 Å². The van der Waals surface area contributed by atoms with E-state index in [2.05, 4.69) is 150 Å². The molecule has 246 valence electrons. The van der Waals surface area contributed by atoms with Gasteiger partial charge in [-0.25, -0.2) is 0 Å². The van der Waals surface area contributed by atoms with Gasteiger partial charge in [-0.1, -0.05) is 92.7 Å². The molecular formula is C47H37N3O. The molecule has 4 heteroatoms. The fourth-order valence-corrected chi connectivity index (χ4v) is 8.69. The van der Waals surface area contributed by atoms with Gasteiger partial charge in [-0.15, -0.1) is 0 Å². The van der Waals surface area contributed by atoms with Crippen LogP contribution in [0.15, 0.2) is 132 Å². The van der Waals surface area contributed by atoms with E-state index in [0.717, 1.165) is 24.3 Å². The van der Waals surface area contributed by atoms with Crippen LogP contribution in [0.3, 0.4) is 0 Å². The average Bonchev–Trinajstić information content (AvgIpc) is 3.75. The first-order chi connectivity index (χ1) is 25.0. The van der Waals surface area contributed by atoms with Crippen molar-refractivity contribution in [3.05, 3.63) is 149 Å². The molecule has 2 aliphatic rings. The molecule has 8 aromatic rings. The molecule has 0 saturated heterocycles. The van der Waals surface area contributed by atoms with Gasteiger partial charge in [0.25, 0.3) is 0 Å². The third kappa shape index (κ3) is 4.42. The molecule has 2 aromatic heterocycles. The summed E-state index contributed by atoms with van der Waals surface area (Å²) >= 11 is 0. The molecule has 2 heterocycles. The summed E-state index contributed by atoms with van der Waals surface area (Å²) in [5.41, 5.74) is 13.4. The number of hydrogen-bond donors (Lipinski definition) is 0. The van der Waals surface area contributed by atoms with Crippen LogP contribution in [0.25, 0.3) is 72.8 Å². The minimum absolute atomic E-state index is 0.0698. The molecule has 0 N–H and O–H groups in total. The highest BCUT2D eigenvalue weighted by Gasteiger charge is 2.36. The van der Waals surface area contributed by atoms with Crippen LogP contribution in [0.4, 0.5) is 5.69 Å². The zero-order valence-electron chi connectivity index (χ0n) is 28.9. The summed E-state index contributed by atoms with van der Waals surface area (Å²) in [4.78, 5) is 4.16. The van der Waals surface area contributed by atoms with E-state index in [-0.39, 0.29) is 5.41 Å². The van der Waals surface area contributed by atoms with Gasteiger partial charge in [0.05, 0.1) is 16.6 Å². The Balaban J connectivity index is 1.15. The number of aromatic nitrogens is 2. The van der Waals surface area contributed by atoms with Gasteiger partial charge in [0.15, 0.2) is 6.73 Å². The number of rotatable bonds is 6. The normalized spacial score (nSPS) is 14.2. The maximum absolute atomic E-state index is 6.35. The molecule has 0 radical (unpaired) electrons. The number of aliphatic imine (C=N–C) groups is 1. The maximum atomic E-state index is 6.35. The molecule has 0 spiro atoms. The van der Waals surface area contributed by atoms with E-state index in [1.807, 2.05) is 24.3 Å². The molecule has 0 bridgehead atoms. The van der Waals surface area contributed by atoms with Gasteiger partial charge in [0.1, 0.15) is 11.4 Å². The second-order valence-electron chi connectivity index (χ2n) is 14.3. The van der Waals surface area contributed by atoms with Gasteiger partial charge in [-0.3, -0.25) is 4.99 Å². The Bertz CT molecular complexity index is 2850. The van der Waals surface area contributed by atoms with Crippen LogP contribution in [0.5, 0.6) is 5.75 Å². The largest absolute Gasteiger partial charge is 0.470 e. The van der Waals surface area contributed by atoms with Crippen molar-refractivity contribution in [1.82, 2.24) is 9.13 Å². The fourth-order valence-electron chi connectivity index (χ4n) is 8.69. The first-order valence-corrected chi connectivity index (χ1v) is 17.8. The number of nitrogens with zero attached hydrogens (tertiary/aromatic N) is 3. The Labute approximate surface area is 296 Å². The molecule has 6 aromatic carbocycles. The Morgan fingerprint density at radius 3 is 2.20 bits per heavy atom. The summed E-state index contributed by atoms with van der Waals surface area (Å²) in [6.45, 7) is 8.85. The molecule has 0 saturated carbocycles. The molecule has 0 unspecified atom stereocenters. The van der Waals surface area contributed by atoms with Crippen LogP contribution >= 0.6 is 0 Å². The van der Waals surface area contributed by atoms with Crippen molar-refractivity contribution >= 4 is 57.3 Å². The third-order valence-corrected chi connectivity index (χ3v) is 11.2. The van der Waals surface area contributed by atoms with Gasteiger partial charge in [0.2, 0.25) is 0 Å². The van der Waals surface area contributed by atoms with E-state index in [1.54, 1.807) is 0 Å². The molecular weight excluding hydrogens is 623 g/mol. The van der Waals surface area contributed by atoms with E-state index in [0.29, 0.717) is 6.73 Å². The van der Waals surface area contributed by atoms with Gasteiger partial charge in [-0.2, -0.15) is 0 Å². The van der Waals surface area contributed by atoms with Gasteiger partial charge < -0.3 is 13.9 Å². The fraction of sp³-hybridized carbons (Fsp3) is 0.128. The monoisotopic (exact) mass is 659 g/mol. The molecule has 0 amide bonds. The molecule has 51 heavy (non-hydrogen) atoms. The predicted molar refractivity (Wildman–Crippen MR) is 213 cm³/mol. The second kappa shape index (κ2) is 11.2. The minimum atomic E-state index is -0.0698. The lowest BCUT2D eigenvalue weighted by Crippen LogP contribution is -2.32. The summed E-state index contributed by atoms with van der Waals surface area (Å²) < 4.78 is 11.1. The lowest BCUT2D eigenvalue weighted by atomic mass is 9.82. The van der Waals surface area contributed by atoms with E-state index in [9.17, 15) is 0 Å². The van der Waals surface area contributed by atoms with Crippen molar-refractivity contribution in [2.24, 2.45) is 4.99 Å². The molecule has 10 rings (SSSR count). The summed E-state index contributed by atoms with van der Waals surface area (Å²) in [6.07, 6.45) is 6.79. The Morgan fingerprint density at radius 1 is 0.647 bits per heavy atom. The third-order valence-electron chi connectivity index (χ3n) is 11.2. The van der Waals surface area contributed by atoms with Crippen molar-refractivity contribution in [3.63, 3.8) is 0 Å². The van der Waals surface area contributed by atoms with Crippen molar-refractivity contribution in [3.8, 4) is 33.7 Å². The second-order valence-corrected chi connectivity index (χ2v) is 14.3. The summed E-state index contributed by atoms with van der Waals surface area (Å²) in [7, 11) is 0. The lowest BCUT2D eigenvalue weighted by Gasteiger charge is -2.21. The summed E-state index contributed by atoms with van der Waals surface area (Å²) in [5, 5.41) is 6.30. The highest BCUT2D eigenvalue weighted by molar-refractivity contribution is 6.13. The smallest absolute Gasteiger partial charge is 0.165 e. The van der Waals surface area contributed by atoms with Gasteiger partial charge in [-0.05, 0) is 114 Å². The number of ether oxygens (including phenoxy) is 1. The van der Waals surface area contributed by atoms with E-state index < -0.39 is 0 Å². The number of para-hydroxylation sites is 3. The standard InChI is InChI=1S/C47H37N3O/c1-47(2)39-17-9-7-15-33(39)35-27-38-37-26-31(22-24-44(37)50(45(38)28-40(35)47)32-13-5-4-6-14-32)30-21-23-43-36(25-30)34-16-8-11-19-42(34)49(43)29-51-46-20-12-10-18-41(46)48-3/h4-7,9-10,12-28H,3,8,11,29H2,1-2H3. The first-order valence-electron chi connectivity index (χ1n) is 17.8. The van der Waals surface area contributed by atoms with Crippen LogP contribution < -0.4 is 15.3 Å². The molecule has 0 aliphatic heterocycles. The molecule has 0 fully saturated rings. The van der Waals surface area contributed by atoms with Crippen molar-refractivity contribution in [2.75, 3.05) is 0 Å². The highest BCUT2D eigenvalue weighted by atomic mass is 16.5. The Hall–Kier alpha value is -6.13. The van der Waals surface area contributed by atoms with Crippen LogP contribution in [0, 0.1) is 0 Å². The van der Waals surface area contributed by atoms with Gasteiger partial charge in [0, 0.05) is 37.8 Å². The van der Waals surface area contributed by atoms with E-state index in [4.69, 9.17) is 4.74 Å². The zero-order valence-corrected chi connectivity index (χ0v) is 28.9. The average molecular weight is 660 g/mol. The Morgan fingerprint density at radius 2 is 1.35 bits per heavy atom. The minimum Gasteiger partial charge on any atom is -0.470 e. The van der Waals surface area contributed by atoms with Crippen LogP contribution in [-0.4, -0.2) is 15.9 Å². The highest BCUT2D eigenvalue weighted by Crippen LogP contribution is 2.51.